The Morgan fingerprint density at radius 3 is 2.20 bits per heavy atom. The van der Waals surface area contributed by atoms with Crippen molar-refractivity contribution in [3.63, 3.8) is 0 Å². The van der Waals surface area contributed by atoms with E-state index in [2.05, 4.69) is 25.8 Å². The molecule has 0 bridgehead atoms. The molecule has 0 atom stereocenters. The smallest absolute Gasteiger partial charge is 0.416 e. The predicted molar refractivity (Wildman–Crippen MR) is 110 cm³/mol. The zero-order valence-corrected chi connectivity index (χ0v) is 17.6. The van der Waals surface area contributed by atoms with Crippen molar-refractivity contribution in [2.24, 2.45) is 5.41 Å². The Morgan fingerprint density at radius 2 is 1.63 bits per heavy atom. The summed E-state index contributed by atoms with van der Waals surface area (Å²) < 4.78 is 45.3. The number of nitrogens with zero attached hydrogens (tertiary/aromatic N) is 2. The van der Waals surface area contributed by atoms with Gasteiger partial charge in [0.05, 0.1) is 12.2 Å². The molecule has 0 saturated carbocycles. The molecular formula is C22H21F3N2O2S. The van der Waals surface area contributed by atoms with Crippen LogP contribution < -0.4 is 10.3 Å². The van der Waals surface area contributed by atoms with Crippen LogP contribution in [0.4, 0.5) is 13.2 Å². The van der Waals surface area contributed by atoms with E-state index < -0.39 is 11.7 Å². The third-order valence-corrected chi connectivity index (χ3v) is 4.97. The number of hydrogen-bond acceptors (Lipinski definition) is 4. The highest BCUT2D eigenvalue weighted by atomic mass is 32.2. The zero-order chi connectivity index (χ0) is 21.9. The summed E-state index contributed by atoms with van der Waals surface area (Å²) >= 11 is 1.02. The number of halogens is 3. The molecular weight excluding hydrogens is 413 g/mol. The molecule has 0 aliphatic rings. The third-order valence-electron chi connectivity index (χ3n) is 3.99. The number of rotatable bonds is 5. The number of aromatic nitrogens is 2. The van der Waals surface area contributed by atoms with Crippen LogP contribution in [-0.2, 0) is 6.18 Å². The Labute approximate surface area is 176 Å². The van der Waals surface area contributed by atoms with Crippen molar-refractivity contribution in [2.45, 2.75) is 36.9 Å². The monoisotopic (exact) mass is 434 g/mol. The lowest BCUT2D eigenvalue weighted by molar-refractivity contribution is -0.137. The van der Waals surface area contributed by atoms with Crippen LogP contribution in [0.5, 0.6) is 5.75 Å². The molecule has 1 aromatic heterocycles. The first-order chi connectivity index (χ1) is 14.0. The average molecular weight is 434 g/mol. The first-order valence-electron chi connectivity index (χ1n) is 9.19. The van der Waals surface area contributed by atoms with Crippen LogP contribution in [0.15, 0.2) is 75.6 Å². The van der Waals surface area contributed by atoms with Crippen molar-refractivity contribution in [1.82, 2.24) is 9.55 Å². The van der Waals surface area contributed by atoms with Crippen molar-refractivity contribution in [3.8, 4) is 11.4 Å². The second-order valence-electron chi connectivity index (χ2n) is 7.87. The van der Waals surface area contributed by atoms with Crippen LogP contribution in [0.1, 0.15) is 26.3 Å². The molecule has 158 valence electrons. The van der Waals surface area contributed by atoms with Crippen LogP contribution in [0.25, 0.3) is 5.69 Å². The third kappa shape index (κ3) is 5.66. The molecule has 3 rings (SSSR count). The molecule has 30 heavy (non-hydrogen) atoms. The Hall–Kier alpha value is -2.74. The molecule has 3 aromatic rings. The van der Waals surface area contributed by atoms with E-state index in [4.69, 9.17) is 4.74 Å². The lowest BCUT2D eigenvalue weighted by Gasteiger charge is -2.19. The van der Waals surface area contributed by atoms with Gasteiger partial charge >= 0.3 is 6.18 Å². The maximum Gasteiger partial charge on any atom is 0.416 e. The SMILES string of the molecule is CC(C)(C)COc1ccc(-n2ccnc(Sc3ccc(C(F)(F)F)cc3)c2=O)cc1. The molecule has 0 unspecified atom stereocenters. The second-order valence-corrected chi connectivity index (χ2v) is 8.94. The molecule has 0 amide bonds. The molecule has 4 nitrogen and oxygen atoms in total. The normalized spacial score (nSPS) is 12.1. The van der Waals surface area contributed by atoms with Gasteiger partial charge in [0.2, 0.25) is 0 Å². The van der Waals surface area contributed by atoms with E-state index in [1.165, 1.54) is 22.9 Å². The summed E-state index contributed by atoms with van der Waals surface area (Å²) in [6.45, 7) is 6.80. The minimum atomic E-state index is -4.40. The molecule has 0 saturated heterocycles. The van der Waals surface area contributed by atoms with Gasteiger partial charge in [0.25, 0.3) is 5.56 Å². The molecule has 0 radical (unpaired) electrons. The fraction of sp³-hybridized carbons (Fsp3) is 0.273. The van der Waals surface area contributed by atoms with Gasteiger partial charge in [-0.2, -0.15) is 13.2 Å². The van der Waals surface area contributed by atoms with Crippen LogP contribution in [0, 0.1) is 5.41 Å². The lowest BCUT2D eigenvalue weighted by Crippen LogP contribution is -2.20. The average Bonchev–Trinajstić information content (AvgIpc) is 2.68. The minimum Gasteiger partial charge on any atom is -0.493 e. The summed E-state index contributed by atoms with van der Waals surface area (Å²) in [5, 5.41) is 0.172. The fourth-order valence-electron chi connectivity index (χ4n) is 2.49. The molecule has 0 aliphatic heterocycles. The van der Waals surface area contributed by atoms with Gasteiger partial charge in [0.15, 0.2) is 5.03 Å². The van der Waals surface area contributed by atoms with Crippen LogP contribution >= 0.6 is 11.8 Å². The van der Waals surface area contributed by atoms with E-state index >= 15 is 0 Å². The largest absolute Gasteiger partial charge is 0.493 e. The van der Waals surface area contributed by atoms with Crippen LogP contribution in [0.2, 0.25) is 0 Å². The van der Waals surface area contributed by atoms with Gasteiger partial charge in [-0.05, 0) is 53.9 Å². The Morgan fingerprint density at radius 1 is 1.00 bits per heavy atom. The van der Waals surface area contributed by atoms with E-state index in [9.17, 15) is 18.0 Å². The number of hydrogen-bond donors (Lipinski definition) is 0. The molecule has 0 N–H and O–H groups in total. The summed E-state index contributed by atoms with van der Waals surface area (Å²) in [4.78, 5) is 17.4. The summed E-state index contributed by atoms with van der Waals surface area (Å²) in [7, 11) is 0. The van der Waals surface area contributed by atoms with Gasteiger partial charge in [-0.3, -0.25) is 9.36 Å². The van der Waals surface area contributed by atoms with Gasteiger partial charge in [-0.15, -0.1) is 0 Å². The van der Waals surface area contributed by atoms with E-state index in [1.807, 2.05) is 0 Å². The van der Waals surface area contributed by atoms with Crippen molar-refractivity contribution in [2.75, 3.05) is 6.61 Å². The van der Waals surface area contributed by atoms with E-state index in [0.29, 0.717) is 22.9 Å². The van der Waals surface area contributed by atoms with E-state index in [1.54, 1.807) is 30.5 Å². The number of benzene rings is 2. The van der Waals surface area contributed by atoms with Crippen LogP contribution in [-0.4, -0.2) is 16.2 Å². The molecule has 0 fully saturated rings. The lowest BCUT2D eigenvalue weighted by atomic mass is 9.99. The van der Waals surface area contributed by atoms with Crippen molar-refractivity contribution >= 4 is 11.8 Å². The Bertz CT molecular complexity index is 1050. The second kappa shape index (κ2) is 8.55. The number of alkyl halides is 3. The quantitative estimate of drug-likeness (QED) is 0.507. The van der Waals surface area contributed by atoms with Crippen molar-refractivity contribution in [1.29, 1.82) is 0 Å². The highest BCUT2D eigenvalue weighted by Gasteiger charge is 2.30. The molecule has 0 spiro atoms. The first kappa shape index (κ1) is 22.0. The van der Waals surface area contributed by atoms with E-state index in [-0.39, 0.29) is 16.0 Å². The van der Waals surface area contributed by atoms with E-state index in [0.717, 1.165) is 23.9 Å². The van der Waals surface area contributed by atoms with Gasteiger partial charge in [-0.25, -0.2) is 4.98 Å². The van der Waals surface area contributed by atoms with Gasteiger partial charge in [0, 0.05) is 23.0 Å². The topological polar surface area (TPSA) is 44.1 Å². The zero-order valence-electron chi connectivity index (χ0n) is 16.7. The van der Waals surface area contributed by atoms with Crippen molar-refractivity contribution in [3.05, 3.63) is 76.8 Å². The minimum absolute atomic E-state index is 0.0329. The maximum atomic E-state index is 12.8. The summed E-state index contributed by atoms with van der Waals surface area (Å²) in [6, 6.07) is 11.7. The Kier molecular flexibility index (Phi) is 6.26. The van der Waals surface area contributed by atoms with Gasteiger partial charge in [0.1, 0.15) is 5.75 Å². The predicted octanol–water partition coefficient (Wildman–Crippen LogP) is 5.83. The summed E-state index contributed by atoms with van der Waals surface area (Å²) in [5.41, 5.74) is -0.421. The Balaban J connectivity index is 1.79. The van der Waals surface area contributed by atoms with Gasteiger partial charge in [-0.1, -0.05) is 32.5 Å². The summed E-state index contributed by atoms with van der Waals surface area (Å²) in [6.07, 6.45) is -1.37. The molecule has 8 heteroatoms. The number of ether oxygens (including phenoxy) is 1. The molecule has 1 heterocycles. The standard InChI is InChI=1S/C22H21F3N2O2S/c1-21(2,3)14-29-17-8-6-16(7-9-17)27-13-12-26-19(20(27)28)30-18-10-4-15(5-11-18)22(23,24)25/h4-13H,14H2,1-3H3. The van der Waals surface area contributed by atoms with Crippen molar-refractivity contribution < 1.29 is 17.9 Å². The maximum absolute atomic E-state index is 12.8. The molecule has 0 aliphatic carbocycles. The van der Waals surface area contributed by atoms with Gasteiger partial charge < -0.3 is 4.74 Å². The van der Waals surface area contributed by atoms with Crippen LogP contribution in [0.3, 0.4) is 0 Å². The summed E-state index contributed by atoms with van der Waals surface area (Å²) in [5.74, 6) is 0.704. The fourth-order valence-corrected chi connectivity index (χ4v) is 3.29. The highest BCUT2D eigenvalue weighted by molar-refractivity contribution is 7.99. The first-order valence-corrected chi connectivity index (χ1v) is 10.0. The molecule has 2 aromatic carbocycles. The highest BCUT2D eigenvalue weighted by Crippen LogP contribution is 2.31.